The van der Waals surface area contributed by atoms with Gasteiger partial charge < -0.3 is 4.74 Å². The third kappa shape index (κ3) is 3.93. The summed E-state index contributed by atoms with van der Waals surface area (Å²) in [5.74, 6) is 0. The first-order chi connectivity index (χ1) is 8.68. The lowest BCUT2D eigenvalue weighted by Crippen LogP contribution is -2.27. The number of hydrogen-bond acceptors (Lipinski definition) is 3. The summed E-state index contributed by atoms with van der Waals surface area (Å²) in [4.78, 5) is 16.2. The van der Waals surface area contributed by atoms with Gasteiger partial charge in [0.15, 0.2) is 0 Å². The summed E-state index contributed by atoms with van der Waals surface area (Å²) in [5, 5.41) is 2.75. The van der Waals surface area contributed by atoms with Crippen molar-refractivity contribution in [1.29, 1.82) is 0 Å². The molecular formula is C14H19BrN2O2. The van der Waals surface area contributed by atoms with Gasteiger partial charge in [-0.3, -0.25) is 5.32 Å². The quantitative estimate of drug-likeness (QED) is 0.827. The SMILES string of the molecule is CC(C)(C)OC(=O)Nc1cc(Br)nc(C2(C)CC2)c1. The van der Waals surface area contributed by atoms with E-state index in [4.69, 9.17) is 4.74 Å². The Morgan fingerprint density at radius 3 is 2.58 bits per heavy atom. The van der Waals surface area contributed by atoms with Gasteiger partial charge in [0.1, 0.15) is 10.2 Å². The number of carbonyl (C=O) groups excluding carboxylic acids is 1. The number of pyridine rings is 1. The average molecular weight is 327 g/mol. The number of nitrogens with zero attached hydrogens (tertiary/aromatic N) is 1. The zero-order valence-corrected chi connectivity index (χ0v) is 13.3. The Morgan fingerprint density at radius 2 is 2.05 bits per heavy atom. The van der Waals surface area contributed by atoms with E-state index in [1.807, 2.05) is 26.8 Å². The van der Waals surface area contributed by atoms with Crippen LogP contribution in [0.3, 0.4) is 0 Å². The van der Waals surface area contributed by atoms with Gasteiger partial charge >= 0.3 is 6.09 Å². The lowest BCUT2D eigenvalue weighted by molar-refractivity contribution is 0.0636. The van der Waals surface area contributed by atoms with Crippen LogP contribution in [-0.4, -0.2) is 16.7 Å². The van der Waals surface area contributed by atoms with E-state index in [1.54, 1.807) is 6.07 Å². The van der Waals surface area contributed by atoms with E-state index in [9.17, 15) is 4.79 Å². The lowest BCUT2D eigenvalue weighted by Gasteiger charge is -2.20. The molecule has 1 aromatic heterocycles. The van der Waals surface area contributed by atoms with Gasteiger partial charge in [0, 0.05) is 16.8 Å². The van der Waals surface area contributed by atoms with Crippen molar-refractivity contribution in [3.05, 3.63) is 22.4 Å². The summed E-state index contributed by atoms with van der Waals surface area (Å²) >= 11 is 3.38. The number of nitrogens with one attached hydrogen (secondary N) is 1. The number of anilines is 1. The van der Waals surface area contributed by atoms with Crippen LogP contribution in [0.1, 0.15) is 46.2 Å². The standard InChI is InChI=1S/C14H19BrN2O2/c1-13(2,3)19-12(18)16-9-7-10(14(4)5-6-14)17-11(15)8-9/h7-8H,5-6H2,1-4H3,(H,16,17,18). The van der Waals surface area contributed by atoms with Gasteiger partial charge in [0.25, 0.3) is 0 Å². The Kier molecular flexibility index (Phi) is 3.60. The Hall–Kier alpha value is -1.10. The van der Waals surface area contributed by atoms with Crippen LogP contribution in [-0.2, 0) is 10.2 Å². The van der Waals surface area contributed by atoms with Gasteiger partial charge in [-0.25, -0.2) is 9.78 Å². The summed E-state index contributed by atoms with van der Waals surface area (Å²) in [6.07, 6.45) is 1.84. The number of amides is 1. The van der Waals surface area contributed by atoms with Crippen molar-refractivity contribution in [1.82, 2.24) is 4.98 Å². The van der Waals surface area contributed by atoms with E-state index in [0.29, 0.717) is 5.69 Å². The van der Waals surface area contributed by atoms with Gasteiger partial charge in [0.05, 0.1) is 0 Å². The minimum atomic E-state index is -0.500. The Balaban J connectivity index is 2.12. The highest BCUT2D eigenvalue weighted by molar-refractivity contribution is 9.10. The maximum absolute atomic E-state index is 11.7. The summed E-state index contributed by atoms with van der Waals surface area (Å²) in [6, 6.07) is 3.70. The smallest absolute Gasteiger partial charge is 0.412 e. The zero-order chi connectivity index (χ0) is 14.3. The molecule has 1 amide bonds. The van der Waals surface area contributed by atoms with Crippen LogP contribution in [0.15, 0.2) is 16.7 Å². The van der Waals surface area contributed by atoms with Crippen molar-refractivity contribution in [3.63, 3.8) is 0 Å². The summed E-state index contributed by atoms with van der Waals surface area (Å²) in [7, 11) is 0. The molecule has 5 heteroatoms. The highest BCUT2D eigenvalue weighted by Gasteiger charge is 2.40. The number of carbonyl (C=O) groups is 1. The number of hydrogen-bond donors (Lipinski definition) is 1. The van der Waals surface area contributed by atoms with Crippen LogP contribution in [0.5, 0.6) is 0 Å². The number of rotatable bonds is 2. The summed E-state index contributed by atoms with van der Waals surface area (Å²) in [6.45, 7) is 7.70. The van der Waals surface area contributed by atoms with Crippen molar-refractivity contribution in [2.75, 3.05) is 5.32 Å². The van der Waals surface area contributed by atoms with Crippen LogP contribution in [0, 0.1) is 0 Å². The second-order valence-electron chi connectivity index (χ2n) is 6.25. The molecule has 0 aliphatic heterocycles. The monoisotopic (exact) mass is 326 g/mol. The van der Waals surface area contributed by atoms with Crippen molar-refractivity contribution >= 4 is 27.7 Å². The topological polar surface area (TPSA) is 51.2 Å². The fourth-order valence-corrected chi connectivity index (χ4v) is 2.18. The van der Waals surface area contributed by atoms with E-state index in [-0.39, 0.29) is 5.41 Å². The third-order valence-corrected chi connectivity index (χ3v) is 3.46. The van der Waals surface area contributed by atoms with E-state index in [1.165, 1.54) is 0 Å². The second kappa shape index (κ2) is 4.78. The number of halogens is 1. The largest absolute Gasteiger partial charge is 0.444 e. The molecule has 1 aromatic rings. The fraction of sp³-hybridized carbons (Fsp3) is 0.571. The first-order valence-corrected chi connectivity index (χ1v) is 7.15. The molecular weight excluding hydrogens is 308 g/mol. The van der Waals surface area contributed by atoms with E-state index >= 15 is 0 Å². The molecule has 0 spiro atoms. The van der Waals surface area contributed by atoms with Crippen LogP contribution >= 0.6 is 15.9 Å². The first-order valence-electron chi connectivity index (χ1n) is 6.36. The van der Waals surface area contributed by atoms with Crippen molar-refractivity contribution in [2.45, 2.75) is 51.6 Å². The molecule has 1 heterocycles. The van der Waals surface area contributed by atoms with Gasteiger partial charge in [-0.2, -0.15) is 0 Å². The molecule has 4 nitrogen and oxygen atoms in total. The van der Waals surface area contributed by atoms with Crippen LogP contribution in [0.4, 0.5) is 10.5 Å². The normalized spacial score (nSPS) is 16.9. The minimum absolute atomic E-state index is 0.161. The van der Waals surface area contributed by atoms with E-state index in [0.717, 1.165) is 23.1 Å². The molecule has 0 saturated heterocycles. The Labute approximate surface area is 122 Å². The predicted octanol–water partition coefficient (Wildman–Crippen LogP) is 4.24. The highest BCUT2D eigenvalue weighted by Crippen LogP contribution is 2.47. The van der Waals surface area contributed by atoms with Gasteiger partial charge in [0.2, 0.25) is 0 Å². The molecule has 19 heavy (non-hydrogen) atoms. The molecule has 1 N–H and O–H groups in total. The third-order valence-electron chi connectivity index (χ3n) is 3.06. The number of ether oxygens (including phenoxy) is 1. The average Bonchev–Trinajstić information content (AvgIpc) is 2.93. The van der Waals surface area contributed by atoms with Crippen LogP contribution < -0.4 is 5.32 Å². The molecule has 2 rings (SSSR count). The first kappa shape index (κ1) is 14.3. The minimum Gasteiger partial charge on any atom is -0.444 e. The van der Waals surface area contributed by atoms with Gasteiger partial charge in [-0.15, -0.1) is 0 Å². The molecule has 1 aliphatic rings. The van der Waals surface area contributed by atoms with E-state index < -0.39 is 11.7 Å². The molecule has 1 aliphatic carbocycles. The molecule has 0 bridgehead atoms. The maximum atomic E-state index is 11.7. The molecule has 0 unspecified atom stereocenters. The van der Waals surface area contributed by atoms with Crippen molar-refractivity contribution < 1.29 is 9.53 Å². The Morgan fingerprint density at radius 1 is 1.42 bits per heavy atom. The van der Waals surface area contributed by atoms with Gasteiger partial charge in [-0.1, -0.05) is 6.92 Å². The zero-order valence-electron chi connectivity index (χ0n) is 11.7. The second-order valence-corrected chi connectivity index (χ2v) is 7.06. The van der Waals surface area contributed by atoms with E-state index in [2.05, 4.69) is 33.2 Å². The highest BCUT2D eigenvalue weighted by atomic mass is 79.9. The molecule has 0 atom stereocenters. The Bertz CT molecular complexity index is 505. The lowest BCUT2D eigenvalue weighted by atomic mass is 10.0. The summed E-state index contributed by atoms with van der Waals surface area (Å²) in [5.41, 5.74) is 1.38. The molecule has 0 radical (unpaired) electrons. The maximum Gasteiger partial charge on any atom is 0.412 e. The van der Waals surface area contributed by atoms with Crippen molar-refractivity contribution in [3.8, 4) is 0 Å². The van der Waals surface area contributed by atoms with Gasteiger partial charge in [-0.05, 0) is 61.7 Å². The molecule has 104 valence electrons. The summed E-state index contributed by atoms with van der Waals surface area (Å²) < 4.78 is 5.96. The van der Waals surface area contributed by atoms with Crippen LogP contribution in [0.25, 0.3) is 0 Å². The van der Waals surface area contributed by atoms with Crippen molar-refractivity contribution in [2.24, 2.45) is 0 Å². The molecule has 0 aromatic carbocycles. The molecule has 1 fully saturated rings. The van der Waals surface area contributed by atoms with Crippen LogP contribution in [0.2, 0.25) is 0 Å². The number of aromatic nitrogens is 1. The molecule has 1 saturated carbocycles. The fourth-order valence-electron chi connectivity index (χ4n) is 1.74. The predicted molar refractivity (Wildman–Crippen MR) is 78.4 cm³/mol.